The summed E-state index contributed by atoms with van der Waals surface area (Å²) in [6.07, 6.45) is 0.856. The lowest BCUT2D eigenvalue weighted by Crippen LogP contribution is -2.44. The van der Waals surface area contributed by atoms with Crippen LogP contribution in [0.5, 0.6) is 0 Å². The number of para-hydroxylation sites is 1. The molecule has 0 bridgehead atoms. The van der Waals surface area contributed by atoms with E-state index in [0.717, 1.165) is 17.5 Å². The van der Waals surface area contributed by atoms with Gasteiger partial charge in [-0.2, -0.15) is 0 Å². The van der Waals surface area contributed by atoms with E-state index in [1.165, 1.54) is 0 Å². The molecule has 1 unspecified atom stereocenters. The van der Waals surface area contributed by atoms with Crippen molar-refractivity contribution in [3.63, 3.8) is 0 Å². The average molecular weight is 288 g/mol. The molecule has 1 saturated heterocycles. The Balaban J connectivity index is 1.88. The number of hydrogen-bond donors (Lipinski definition) is 3. The molecule has 2 heterocycles. The number of carbonyl (C=O) groups excluding carboxylic acids is 1. The fourth-order valence-corrected chi connectivity index (χ4v) is 2.54. The molecule has 7 heteroatoms. The SMILES string of the molecule is O=C(Cn1c(=O)[nH]c2ccccc2c1=O)NC1CCNC1. The van der Waals surface area contributed by atoms with Crippen LogP contribution < -0.4 is 21.9 Å². The van der Waals surface area contributed by atoms with Gasteiger partial charge in [0, 0.05) is 12.6 Å². The summed E-state index contributed by atoms with van der Waals surface area (Å²) >= 11 is 0. The van der Waals surface area contributed by atoms with E-state index in [4.69, 9.17) is 0 Å². The number of carbonyl (C=O) groups is 1. The van der Waals surface area contributed by atoms with Crippen LogP contribution >= 0.6 is 0 Å². The summed E-state index contributed by atoms with van der Waals surface area (Å²) in [7, 11) is 0. The van der Waals surface area contributed by atoms with Crippen molar-refractivity contribution in [2.24, 2.45) is 0 Å². The van der Waals surface area contributed by atoms with Crippen molar-refractivity contribution in [2.75, 3.05) is 13.1 Å². The minimum atomic E-state index is -0.571. The minimum absolute atomic E-state index is 0.0627. The number of hydrogen-bond acceptors (Lipinski definition) is 4. The van der Waals surface area contributed by atoms with E-state index in [2.05, 4.69) is 15.6 Å². The van der Waals surface area contributed by atoms with Crippen LogP contribution in [0.4, 0.5) is 0 Å². The molecule has 0 spiro atoms. The zero-order chi connectivity index (χ0) is 14.8. The lowest BCUT2D eigenvalue weighted by molar-refractivity contribution is -0.122. The minimum Gasteiger partial charge on any atom is -0.350 e. The van der Waals surface area contributed by atoms with E-state index in [1.807, 2.05) is 0 Å². The molecule has 1 fully saturated rings. The largest absolute Gasteiger partial charge is 0.350 e. The Morgan fingerprint density at radius 2 is 2.14 bits per heavy atom. The fraction of sp³-hybridized carbons (Fsp3) is 0.357. The van der Waals surface area contributed by atoms with Gasteiger partial charge >= 0.3 is 5.69 Å². The molecule has 2 aromatic rings. The van der Waals surface area contributed by atoms with Crippen molar-refractivity contribution in [3.8, 4) is 0 Å². The number of nitrogens with one attached hydrogen (secondary N) is 3. The quantitative estimate of drug-likeness (QED) is 0.687. The first-order chi connectivity index (χ1) is 10.1. The number of nitrogens with zero attached hydrogens (tertiary/aromatic N) is 1. The topological polar surface area (TPSA) is 96.0 Å². The normalized spacial score (nSPS) is 18.0. The van der Waals surface area contributed by atoms with Crippen LogP contribution in [-0.4, -0.2) is 34.6 Å². The molecule has 0 aliphatic carbocycles. The van der Waals surface area contributed by atoms with E-state index in [9.17, 15) is 14.4 Å². The second-order valence-electron chi connectivity index (χ2n) is 5.12. The second kappa shape index (κ2) is 5.53. The summed E-state index contributed by atoms with van der Waals surface area (Å²) in [5.41, 5.74) is -0.545. The summed E-state index contributed by atoms with van der Waals surface area (Å²) in [6, 6.07) is 6.81. The maximum Gasteiger partial charge on any atom is 0.329 e. The fourth-order valence-electron chi connectivity index (χ4n) is 2.54. The molecule has 7 nitrogen and oxygen atoms in total. The molecule has 1 aliphatic heterocycles. The highest BCUT2D eigenvalue weighted by Gasteiger charge is 2.18. The molecule has 1 amide bonds. The van der Waals surface area contributed by atoms with E-state index in [0.29, 0.717) is 17.4 Å². The van der Waals surface area contributed by atoms with Gasteiger partial charge in [-0.15, -0.1) is 0 Å². The molecular formula is C14H16N4O3. The Labute approximate surface area is 120 Å². The van der Waals surface area contributed by atoms with Gasteiger partial charge in [-0.05, 0) is 25.1 Å². The van der Waals surface area contributed by atoms with Crippen molar-refractivity contribution in [1.29, 1.82) is 0 Å². The molecular weight excluding hydrogens is 272 g/mol. The van der Waals surface area contributed by atoms with Gasteiger partial charge in [-0.25, -0.2) is 4.79 Å². The summed E-state index contributed by atoms with van der Waals surface area (Å²) in [4.78, 5) is 38.8. The molecule has 21 heavy (non-hydrogen) atoms. The highest BCUT2D eigenvalue weighted by Crippen LogP contribution is 2.03. The monoisotopic (exact) mass is 288 g/mol. The van der Waals surface area contributed by atoms with Gasteiger partial charge in [0.1, 0.15) is 6.54 Å². The van der Waals surface area contributed by atoms with E-state index in [1.54, 1.807) is 24.3 Å². The number of aromatic nitrogens is 2. The second-order valence-corrected chi connectivity index (χ2v) is 5.12. The molecule has 1 aliphatic rings. The third kappa shape index (κ3) is 2.73. The van der Waals surface area contributed by atoms with Gasteiger partial charge in [0.2, 0.25) is 5.91 Å². The van der Waals surface area contributed by atoms with Gasteiger partial charge in [0.05, 0.1) is 10.9 Å². The van der Waals surface area contributed by atoms with Crippen LogP contribution in [0.15, 0.2) is 33.9 Å². The van der Waals surface area contributed by atoms with Crippen LogP contribution in [-0.2, 0) is 11.3 Å². The highest BCUT2D eigenvalue weighted by atomic mass is 16.2. The molecule has 0 radical (unpaired) electrons. The van der Waals surface area contributed by atoms with Crippen molar-refractivity contribution in [1.82, 2.24) is 20.2 Å². The van der Waals surface area contributed by atoms with Gasteiger partial charge in [-0.3, -0.25) is 14.2 Å². The lowest BCUT2D eigenvalue weighted by atomic mass is 10.2. The van der Waals surface area contributed by atoms with Crippen molar-refractivity contribution in [3.05, 3.63) is 45.1 Å². The van der Waals surface area contributed by atoms with E-state index < -0.39 is 11.2 Å². The maximum atomic E-state index is 12.3. The van der Waals surface area contributed by atoms with Crippen molar-refractivity contribution in [2.45, 2.75) is 19.0 Å². The van der Waals surface area contributed by atoms with Gasteiger partial charge in [0.15, 0.2) is 0 Å². The smallest absolute Gasteiger partial charge is 0.329 e. The standard InChI is InChI=1S/C14H16N4O3/c19-12(16-9-5-6-15-7-9)8-18-13(20)10-3-1-2-4-11(10)17-14(18)21/h1-4,9,15H,5-8H2,(H,16,19)(H,17,21). The van der Waals surface area contributed by atoms with Crippen molar-refractivity contribution >= 4 is 16.8 Å². The Morgan fingerprint density at radius 3 is 2.90 bits per heavy atom. The predicted molar refractivity (Wildman–Crippen MR) is 78.2 cm³/mol. The first kappa shape index (κ1) is 13.6. The molecule has 3 rings (SSSR count). The van der Waals surface area contributed by atoms with Crippen LogP contribution in [0.2, 0.25) is 0 Å². The Kier molecular flexibility index (Phi) is 3.57. The number of fused-ring (bicyclic) bond motifs is 1. The van der Waals surface area contributed by atoms with Gasteiger partial charge in [-0.1, -0.05) is 12.1 Å². The predicted octanol–water partition coefficient (Wildman–Crippen LogP) is -0.832. The van der Waals surface area contributed by atoms with Gasteiger partial charge < -0.3 is 15.6 Å². The average Bonchev–Trinajstić information content (AvgIpc) is 2.96. The van der Waals surface area contributed by atoms with Crippen molar-refractivity contribution < 1.29 is 4.79 Å². The Hall–Kier alpha value is -2.41. The van der Waals surface area contributed by atoms with E-state index in [-0.39, 0.29) is 18.5 Å². The zero-order valence-corrected chi connectivity index (χ0v) is 11.4. The lowest BCUT2D eigenvalue weighted by Gasteiger charge is -2.12. The number of aromatic amines is 1. The summed E-state index contributed by atoms with van der Waals surface area (Å²) in [5.74, 6) is -0.327. The van der Waals surface area contributed by atoms with Crippen LogP contribution in [0.1, 0.15) is 6.42 Å². The number of amides is 1. The summed E-state index contributed by atoms with van der Waals surface area (Å²) < 4.78 is 0.931. The summed E-state index contributed by atoms with van der Waals surface area (Å²) in [5, 5.41) is 6.35. The Morgan fingerprint density at radius 1 is 1.33 bits per heavy atom. The van der Waals surface area contributed by atoms with Gasteiger partial charge in [0.25, 0.3) is 5.56 Å². The molecule has 1 aromatic heterocycles. The van der Waals surface area contributed by atoms with E-state index >= 15 is 0 Å². The first-order valence-electron chi connectivity index (χ1n) is 6.87. The number of rotatable bonds is 3. The van der Waals surface area contributed by atoms with Crippen LogP contribution in [0.3, 0.4) is 0 Å². The zero-order valence-electron chi connectivity index (χ0n) is 11.4. The summed E-state index contributed by atoms with van der Waals surface area (Å²) in [6.45, 7) is 1.31. The maximum absolute atomic E-state index is 12.3. The number of benzene rings is 1. The van der Waals surface area contributed by atoms with Crippen LogP contribution in [0, 0.1) is 0 Å². The molecule has 110 valence electrons. The third-order valence-electron chi connectivity index (χ3n) is 3.62. The first-order valence-corrected chi connectivity index (χ1v) is 6.87. The molecule has 3 N–H and O–H groups in total. The van der Waals surface area contributed by atoms with Crippen LogP contribution in [0.25, 0.3) is 10.9 Å². The third-order valence-corrected chi connectivity index (χ3v) is 3.62. The Bertz CT molecular complexity index is 787. The number of H-pyrrole nitrogens is 1. The highest BCUT2D eigenvalue weighted by molar-refractivity contribution is 5.79. The molecule has 1 atom stereocenters. The molecule has 1 aromatic carbocycles. The molecule has 0 saturated carbocycles.